The number of carbonyl (C=O) groups excluding carboxylic acids is 1. The van der Waals surface area contributed by atoms with Gasteiger partial charge >= 0.3 is 0 Å². The summed E-state index contributed by atoms with van der Waals surface area (Å²) in [5, 5.41) is 5.26. The van der Waals surface area contributed by atoms with Crippen molar-refractivity contribution < 1.29 is 18.8 Å². The van der Waals surface area contributed by atoms with E-state index in [-0.39, 0.29) is 17.2 Å². The molecule has 136 valence electrons. The zero-order valence-corrected chi connectivity index (χ0v) is 15.6. The van der Waals surface area contributed by atoms with Gasteiger partial charge in [0.1, 0.15) is 0 Å². The van der Waals surface area contributed by atoms with E-state index in [1.165, 1.54) is 0 Å². The number of fused-ring (bicyclic) bond motifs is 1. The monoisotopic (exact) mass is 346 g/mol. The number of ether oxygens (including phenoxy) is 2. The van der Waals surface area contributed by atoms with Gasteiger partial charge in [-0.1, -0.05) is 25.9 Å². The minimum Gasteiger partial charge on any atom is -0.493 e. The SMILES string of the molecule is COc1cc2onc(C3CCN(C(=O)C(C)(C)C)CC3)c2cc1OC. The van der Waals surface area contributed by atoms with E-state index >= 15 is 0 Å². The summed E-state index contributed by atoms with van der Waals surface area (Å²) in [6.07, 6.45) is 1.77. The molecular formula is C19H26N2O4. The number of piperidine rings is 1. The third kappa shape index (κ3) is 3.30. The molecule has 0 atom stereocenters. The predicted octanol–water partition coefficient (Wildman–Crippen LogP) is 3.60. The van der Waals surface area contributed by atoms with Crippen LogP contribution in [-0.2, 0) is 4.79 Å². The molecular weight excluding hydrogens is 320 g/mol. The highest BCUT2D eigenvalue weighted by molar-refractivity contribution is 5.84. The molecule has 0 aliphatic carbocycles. The molecule has 0 unspecified atom stereocenters. The van der Waals surface area contributed by atoms with E-state index < -0.39 is 0 Å². The van der Waals surface area contributed by atoms with Crippen molar-refractivity contribution in [1.82, 2.24) is 10.1 Å². The number of aromatic nitrogens is 1. The lowest BCUT2D eigenvalue weighted by atomic mass is 9.89. The number of hydrogen-bond acceptors (Lipinski definition) is 5. The quantitative estimate of drug-likeness (QED) is 0.850. The van der Waals surface area contributed by atoms with Crippen LogP contribution >= 0.6 is 0 Å². The van der Waals surface area contributed by atoms with E-state index in [0.717, 1.165) is 37.0 Å². The van der Waals surface area contributed by atoms with Crippen LogP contribution in [-0.4, -0.2) is 43.3 Å². The lowest BCUT2D eigenvalue weighted by molar-refractivity contribution is -0.140. The molecule has 1 aliphatic rings. The molecule has 1 aromatic heterocycles. The molecule has 3 rings (SSSR count). The van der Waals surface area contributed by atoms with Crippen LogP contribution < -0.4 is 9.47 Å². The molecule has 1 aliphatic heterocycles. The Balaban J connectivity index is 1.81. The zero-order valence-electron chi connectivity index (χ0n) is 15.6. The van der Waals surface area contributed by atoms with Crippen LogP contribution in [0, 0.1) is 5.41 Å². The van der Waals surface area contributed by atoms with Gasteiger partial charge in [0.25, 0.3) is 0 Å². The first-order valence-corrected chi connectivity index (χ1v) is 8.66. The van der Waals surface area contributed by atoms with Crippen molar-refractivity contribution >= 4 is 16.9 Å². The second-order valence-corrected chi connectivity index (χ2v) is 7.59. The first-order chi connectivity index (χ1) is 11.8. The van der Waals surface area contributed by atoms with Gasteiger partial charge in [0.2, 0.25) is 5.91 Å². The summed E-state index contributed by atoms with van der Waals surface area (Å²) >= 11 is 0. The van der Waals surface area contributed by atoms with Crippen molar-refractivity contribution in [3.8, 4) is 11.5 Å². The Labute approximate surface area is 148 Å². The van der Waals surface area contributed by atoms with Crippen LogP contribution in [0.15, 0.2) is 16.7 Å². The molecule has 0 saturated carbocycles. The normalized spacial score (nSPS) is 16.3. The van der Waals surface area contributed by atoms with Gasteiger partial charge in [0, 0.05) is 35.9 Å². The number of benzene rings is 1. The maximum absolute atomic E-state index is 12.4. The molecule has 6 nitrogen and oxygen atoms in total. The lowest BCUT2D eigenvalue weighted by Crippen LogP contribution is -2.43. The van der Waals surface area contributed by atoms with E-state index in [0.29, 0.717) is 17.1 Å². The second kappa shape index (κ2) is 6.58. The number of nitrogens with zero attached hydrogens (tertiary/aromatic N) is 2. The molecule has 2 aromatic rings. The number of methoxy groups -OCH3 is 2. The van der Waals surface area contributed by atoms with Gasteiger partial charge in [0.15, 0.2) is 17.1 Å². The summed E-state index contributed by atoms with van der Waals surface area (Å²) in [6.45, 7) is 7.40. The average molecular weight is 346 g/mol. The van der Waals surface area contributed by atoms with Gasteiger partial charge < -0.3 is 18.9 Å². The Hall–Kier alpha value is -2.24. The highest BCUT2D eigenvalue weighted by atomic mass is 16.5. The van der Waals surface area contributed by atoms with Crippen LogP contribution in [0.3, 0.4) is 0 Å². The van der Waals surface area contributed by atoms with Crippen LogP contribution in [0.2, 0.25) is 0 Å². The minimum absolute atomic E-state index is 0.211. The number of hydrogen-bond donors (Lipinski definition) is 0. The van der Waals surface area contributed by atoms with Crippen molar-refractivity contribution in [2.75, 3.05) is 27.3 Å². The minimum atomic E-state index is -0.336. The summed E-state index contributed by atoms with van der Waals surface area (Å²) in [5.74, 6) is 1.79. The van der Waals surface area contributed by atoms with E-state index in [2.05, 4.69) is 5.16 Å². The van der Waals surface area contributed by atoms with Crippen molar-refractivity contribution in [3.05, 3.63) is 17.8 Å². The molecule has 1 aromatic carbocycles. The summed E-state index contributed by atoms with van der Waals surface area (Å²) in [6, 6.07) is 3.73. The largest absolute Gasteiger partial charge is 0.493 e. The average Bonchev–Trinajstić information content (AvgIpc) is 3.01. The number of carbonyl (C=O) groups is 1. The maximum atomic E-state index is 12.4. The Kier molecular flexibility index (Phi) is 4.62. The number of rotatable bonds is 3. The Bertz CT molecular complexity index is 768. The Morgan fingerprint density at radius 3 is 2.32 bits per heavy atom. The topological polar surface area (TPSA) is 64.8 Å². The molecule has 2 heterocycles. The van der Waals surface area contributed by atoms with E-state index in [1.54, 1.807) is 14.2 Å². The summed E-state index contributed by atoms with van der Waals surface area (Å²) in [7, 11) is 3.22. The van der Waals surface area contributed by atoms with Gasteiger partial charge in [-0.05, 0) is 18.9 Å². The summed E-state index contributed by atoms with van der Waals surface area (Å²) in [4.78, 5) is 14.4. The van der Waals surface area contributed by atoms with Crippen LogP contribution in [0.25, 0.3) is 11.0 Å². The zero-order chi connectivity index (χ0) is 18.2. The highest BCUT2D eigenvalue weighted by Crippen LogP contribution is 2.38. The van der Waals surface area contributed by atoms with E-state index in [1.807, 2.05) is 37.8 Å². The number of amides is 1. The molecule has 0 bridgehead atoms. The van der Waals surface area contributed by atoms with E-state index in [4.69, 9.17) is 14.0 Å². The molecule has 25 heavy (non-hydrogen) atoms. The predicted molar refractivity (Wildman–Crippen MR) is 95.1 cm³/mol. The molecule has 6 heteroatoms. The fourth-order valence-electron chi connectivity index (χ4n) is 3.41. The third-order valence-corrected chi connectivity index (χ3v) is 4.81. The van der Waals surface area contributed by atoms with Gasteiger partial charge in [-0.2, -0.15) is 0 Å². The Morgan fingerprint density at radius 2 is 1.76 bits per heavy atom. The van der Waals surface area contributed by atoms with Gasteiger partial charge in [-0.25, -0.2) is 0 Å². The van der Waals surface area contributed by atoms with Crippen LogP contribution in [0.4, 0.5) is 0 Å². The molecule has 1 saturated heterocycles. The first-order valence-electron chi connectivity index (χ1n) is 8.66. The standard InChI is InChI=1S/C19H26N2O4/c1-19(2,3)18(22)21-8-6-12(7-9-21)17-13-10-15(23-4)16(24-5)11-14(13)25-20-17/h10-12H,6-9H2,1-5H3. The van der Waals surface area contributed by atoms with Gasteiger partial charge in [-0.3, -0.25) is 4.79 Å². The van der Waals surface area contributed by atoms with Crippen molar-refractivity contribution in [2.45, 2.75) is 39.5 Å². The smallest absolute Gasteiger partial charge is 0.227 e. The third-order valence-electron chi connectivity index (χ3n) is 4.81. The van der Waals surface area contributed by atoms with Crippen LogP contribution in [0.1, 0.15) is 45.2 Å². The summed E-state index contributed by atoms with van der Waals surface area (Å²) < 4.78 is 16.2. The summed E-state index contributed by atoms with van der Waals surface area (Å²) in [5.41, 5.74) is 1.30. The fourth-order valence-corrected chi connectivity index (χ4v) is 3.41. The van der Waals surface area contributed by atoms with Crippen molar-refractivity contribution in [2.24, 2.45) is 5.41 Å². The van der Waals surface area contributed by atoms with Gasteiger partial charge in [-0.15, -0.1) is 0 Å². The lowest BCUT2D eigenvalue weighted by Gasteiger charge is -2.35. The second-order valence-electron chi connectivity index (χ2n) is 7.59. The van der Waals surface area contributed by atoms with Crippen molar-refractivity contribution in [1.29, 1.82) is 0 Å². The molecule has 1 amide bonds. The first kappa shape index (κ1) is 17.6. The molecule has 0 spiro atoms. The molecule has 0 radical (unpaired) electrons. The maximum Gasteiger partial charge on any atom is 0.227 e. The fraction of sp³-hybridized carbons (Fsp3) is 0.579. The van der Waals surface area contributed by atoms with Crippen molar-refractivity contribution in [3.63, 3.8) is 0 Å². The van der Waals surface area contributed by atoms with E-state index in [9.17, 15) is 4.79 Å². The van der Waals surface area contributed by atoms with Crippen LogP contribution in [0.5, 0.6) is 11.5 Å². The molecule has 1 fully saturated rings. The van der Waals surface area contributed by atoms with Gasteiger partial charge in [0.05, 0.1) is 19.9 Å². The highest BCUT2D eigenvalue weighted by Gasteiger charge is 2.32. The molecule has 0 N–H and O–H groups in total. The Morgan fingerprint density at radius 1 is 1.16 bits per heavy atom. The number of likely N-dealkylation sites (tertiary alicyclic amines) is 1.